The molecule has 1 amide bonds. The summed E-state index contributed by atoms with van der Waals surface area (Å²) in [7, 11) is 0. The average molecular weight is 416 g/mol. The number of ketones is 1. The van der Waals surface area contributed by atoms with Crippen LogP contribution in [0.3, 0.4) is 0 Å². The predicted molar refractivity (Wildman–Crippen MR) is 109 cm³/mol. The van der Waals surface area contributed by atoms with Crippen molar-refractivity contribution < 1.29 is 14.7 Å². The summed E-state index contributed by atoms with van der Waals surface area (Å²) in [4.78, 5) is 28.8. The van der Waals surface area contributed by atoms with Crippen molar-refractivity contribution in [2.75, 3.05) is 4.90 Å². The number of rotatable bonds is 4. The van der Waals surface area contributed by atoms with Crippen LogP contribution in [0, 0.1) is 6.92 Å². The third-order valence-corrected chi connectivity index (χ3v) is 6.46. The molecule has 4 nitrogen and oxygen atoms in total. The van der Waals surface area contributed by atoms with Gasteiger partial charge in [-0.2, -0.15) is 0 Å². The molecule has 0 saturated heterocycles. The number of anilines is 1. The molecule has 0 fully saturated rings. The van der Waals surface area contributed by atoms with Gasteiger partial charge in [-0.15, -0.1) is 22.7 Å². The van der Waals surface area contributed by atoms with Crippen molar-refractivity contribution in [1.29, 1.82) is 0 Å². The minimum Gasteiger partial charge on any atom is -0.503 e. The van der Waals surface area contributed by atoms with E-state index in [1.807, 2.05) is 24.4 Å². The monoisotopic (exact) mass is 415 g/mol. The Morgan fingerprint density at radius 3 is 2.52 bits per heavy atom. The zero-order valence-electron chi connectivity index (χ0n) is 14.2. The molecule has 3 heterocycles. The van der Waals surface area contributed by atoms with E-state index in [2.05, 4.69) is 0 Å². The molecule has 136 valence electrons. The Balaban J connectivity index is 1.89. The van der Waals surface area contributed by atoms with Gasteiger partial charge in [-0.1, -0.05) is 23.7 Å². The number of nitrogens with zero attached hydrogens (tertiary/aromatic N) is 1. The standard InChI is InChI=1S/C20H14ClNO3S2/c1-11-10-12(21)6-7-13(11)22-17(14-4-2-8-26-14)16(19(24)20(22)25)18(23)15-5-3-9-27-15/h2-10,17,24H,1H3. The topological polar surface area (TPSA) is 57.6 Å². The first-order chi connectivity index (χ1) is 13.0. The van der Waals surface area contributed by atoms with Gasteiger partial charge in [0.1, 0.15) is 6.04 Å². The highest BCUT2D eigenvalue weighted by molar-refractivity contribution is 7.12. The molecule has 7 heteroatoms. The molecule has 3 aromatic rings. The maximum Gasteiger partial charge on any atom is 0.294 e. The Kier molecular flexibility index (Phi) is 4.63. The van der Waals surface area contributed by atoms with Crippen LogP contribution in [0.25, 0.3) is 0 Å². The van der Waals surface area contributed by atoms with Crippen molar-refractivity contribution in [3.8, 4) is 0 Å². The van der Waals surface area contributed by atoms with Crippen molar-refractivity contribution in [3.63, 3.8) is 0 Å². The van der Waals surface area contributed by atoms with Gasteiger partial charge < -0.3 is 5.11 Å². The molecule has 1 atom stereocenters. The highest BCUT2D eigenvalue weighted by atomic mass is 35.5. The van der Waals surface area contributed by atoms with Crippen LogP contribution >= 0.6 is 34.3 Å². The number of halogens is 1. The lowest BCUT2D eigenvalue weighted by Crippen LogP contribution is -2.31. The number of thiophene rings is 2. The molecule has 0 aliphatic carbocycles. The van der Waals surface area contributed by atoms with E-state index in [9.17, 15) is 14.7 Å². The van der Waals surface area contributed by atoms with E-state index < -0.39 is 17.7 Å². The van der Waals surface area contributed by atoms with Gasteiger partial charge in [-0.3, -0.25) is 14.5 Å². The van der Waals surface area contributed by atoms with E-state index in [0.717, 1.165) is 10.4 Å². The normalized spacial score (nSPS) is 17.0. The van der Waals surface area contributed by atoms with Gasteiger partial charge in [0.2, 0.25) is 5.78 Å². The first kappa shape index (κ1) is 18.0. The van der Waals surface area contributed by atoms with Crippen LogP contribution in [0.2, 0.25) is 5.02 Å². The Hall–Kier alpha value is -2.41. The number of amides is 1. The van der Waals surface area contributed by atoms with Gasteiger partial charge in [-0.05, 0) is 53.6 Å². The lowest BCUT2D eigenvalue weighted by molar-refractivity contribution is -0.117. The third-order valence-electron chi connectivity index (χ3n) is 4.43. The first-order valence-electron chi connectivity index (χ1n) is 8.13. The average Bonchev–Trinajstić information content (AvgIpc) is 3.38. The number of benzene rings is 1. The molecule has 0 radical (unpaired) electrons. The van der Waals surface area contributed by atoms with Gasteiger partial charge in [0.05, 0.1) is 10.5 Å². The molecular weight excluding hydrogens is 402 g/mol. The van der Waals surface area contributed by atoms with Crippen molar-refractivity contribution >= 4 is 51.7 Å². The van der Waals surface area contributed by atoms with E-state index in [-0.39, 0.29) is 11.4 Å². The second-order valence-corrected chi connectivity index (χ2v) is 8.46. The second-order valence-electron chi connectivity index (χ2n) is 6.09. The molecule has 1 unspecified atom stereocenters. The van der Waals surface area contributed by atoms with E-state index in [1.54, 1.807) is 35.7 Å². The molecule has 0 bridgehead atoms. The van der Waals surface area contributed by atoms with Gasteiger partial charge in [0.15, 0.2) is 5.76 Å². The molecule has 1 N–H and O–H groups in total. The summed E-state index contributed by atoms with van der Waals surface area (Å²) in [6.07, 6.45) is 0. The lowest BCUT2D eigenvalue weighted by atomic mass is 10.00. The van der Waals surface area contributed by atoms with Crippen LogP contribution in [0.5, 0.6) is 0 Å². The smallest absolute Gasteiger partial charge is 0.294 e. The van der Waals surface area contributed by atoms with Crippen molar-refractivity contribution in [1.82, 2.24) is 0 Å². The number of Topliss-reactive ketones (excluding diaryl/α,β-unsaturated/α-hetero) is 1. The Morgan fingerprint density at radius 1 is 1.15 bits per heavy atom. The number of carbonyl (C=O) groups excluding carboxylic acids is 2. The van der Waals surface area contributed by atoms with Crippen LogP contribution in [0.1, 0.15) is 26.2 Å². The third kappa shape index (κ3) is 3.00. The Morgan fingerprint density at radius 2 is 1.89 bits per heavy atom. The van der Waals surface area contributed by atoms with Gasteiger partial charge in [0, 0.05) is 15.6 Å². The summed E-state index contributed by atoms with van der Waals surface area (Å²) in [6, 6.07) is 11.7. The second kappa shape index (κ2) is 6.96. The van der Waals surface area contributed by atoms with E-state index in [4.69, 9.17) is 11.6 Å². The molecule has 27 heavy (non-hydrogen) atoms. The van der Waals surface area contributed by atoms with Crippen LogP contribution in [0.4, 0.5) is 5.69 Å². The summed E-state index contributed by atoms with van der Waals surface area (Å²) in [6.45, 7) is 1.84. The zero-order valence-corrected chi connectivity index (χ0v) is 16.6. The van der Waals surface area contributed by atoms with Crippen molar-refractivity contribution in [3.05, 3.63) is 84.9 Å². The molecular formula is C20H14ClNO3S2. The Labute approximate surface area is 169 Å². The summed E-state index contributed by atoms with van der Waals surface area (Å²) < 4.78 is 0. The Bertz CT molecular complexity index is 1060. The number of hydrogen-bond donors (Lipinski definition) is 1. The number of hydrogen-bond acceptors (Lipinski definition) is 5. The maximum absolute atomic E-state index is 13.1. The summed E-state index contributed by atoms with van der Waals surface area (Å²) in [5.74, 6) is -1.41. The minimum absolute atomic E-state index is 0.110. The quantitative estimate of drug-likeness (QED) is 0.568. The maximum atomic E-state index is 13.1. The van der Waals surface area contributed by atoms with Crippen LogP contribution < -0.4 is 4.90 Å². The number of aliphatic hydroxyl groups excluding tert-OH is 1. The molecule has 1 aliphatic rings. The van der Waals surface area contributed by atoms with Crippen LogP contribution in [0.15, 0.2) is 64.6 Å². The zero-order chi connectivity index (χ0) is 19.1. The summed E-state index contributed by atoms with van der Waals surface area (Å²) in [5.41, 5.74) is 1.51. The van der Waals surface area contributed by atoms with Crippen LogP contribution in [-0.2, 0) is 4.79 Å². The van der Waals surface area contributed by atoms with E-state index in [0.29, 0.717) is 15.6 Å². The van der Waals surface area contributed by atoms with Crippen molar-refractivity contribution in [2.45, 2.75) is 13.0 Å². The number of carbonyl (C=O) groups is 2. The first-order valence-corrected chi connectivity index (χ1v) is 10.3. The fourth-order valence-corrected chi connectivity index (χ4v) is 4.96. The highest BCUT2D eigenvalue weighted by Gasteiger charge is 2.45. The summed E-state index contributed by atoms with van der Waals surface area (Å²) >= 11 is 8.78. The fraction of sp³-hybridized carbons (Fsp3) is 0.100. The molecule has 1 aliphatic heterocycles. The van der Waals surface area contributed by atoms with Gasteiger partial charge in [0.25, 0.3) is 5.91 Å². The van der Waals surface area contributed by atoms with Crippen LogP contribution in [-0.4, -0.2) is 16.8 Å². The molecule has 0 spiro atoms. The molecule has 2 aromatic heterocycles. The predicted octanol–water partition coefficient (Wildman–Crippen LogP) is 5.55. The highest BCUT2D eigenvalue weighted by Crippen LogP contribution is 2.44. The largest absolute Gasteiger partial charge is 0.503 e. The van der Waals surface area contributed by atoms with Crippen molar-refractivity contribution in [2.24, 2.45) is 0 Å². The van der Waals surface area contributed by atoms with Gasteiger partial charge in [-0.25, -0.2) is 0 Å². The molecule has 0 saturated carbocycles. The van der Waals surface area contributed by atoms with E-state index >= 15 is 0 Å². The van der Waals surface area contributed by atoms with E-state index in [1.165, 1.54) is 27.6 Å². The molecule has 4 rings (SSSR count). The fourth-order valence-electron chi connectivity index (χ4n) is 3.23. The van der Waals surface area contributed by atoms with Gasteiger partial charge >= 0.3 is 0 Å². The number of aliphatic hydroxyl groups is 1. The SMILES string of the molecule is Cc1cc(Cl)ccc1N1C(=O)C(O)=C(C(=O)c2cccs2)C1c1cccs1. The molecule has 1 aromatic carbocycles. The summed E-state index contributed by atoms with van der Waals surface area (Å²) in [5, 5.41) is 14.9. The lowest BCUT2D eigenvalue weighted by Gasteiger charge is -2.27. The number of aryl methyl sites for hydroxylation is 1. The minimum atomic E-state index is -0.674.